The van der Waals surface area contributed by atoms with Crippen LogP contribution < -0.4 is 5.32 Å². The number of esters is 2. The molecular formula is C19H23NO7. The highest BCUT2D eigenvalue weighted by Gasteiger charge is 2.16. The van der Waals surface area contributed by atoms with E-state index in [0.29, 0.717) is 5.56 Å². The van der Waals surface area contributed by atoms with Crippen LogP contribution in [0.15, 0.2) is 42.5 Å². The molecule has 0 saturated heterocycles. The monoisotopic (exact) mass is 377 g/mol. The predicted octanol–water partition coefficient (Wildman–Crippen LogP) is 2.04. The van der Waals surface area contributed by atoms with Gasteiger partial charge < -0.3 is 19.5 Å². The van der Waals surface area contributed by atoms with E-state index in [0.717, 1.165) is 6.08 Å². The Hall–Kier alpha value is -3.16. The number of amides is 1. The smallest absolute Gasteiger partial charge is 0.408 e. The Kier molecular flexibility index (Phi) is 8.71. The number of benzene rings is 1. The summed E-state index contributed by atoms with van der Waals surface area (Å²) in [6, 6.07) is 8.44. The summed E-state index contributed by atoms with van der Waals surface area (Å²) >= 11 is 0. The van der Waals surface area contributed by atoms with Crippen molar-refractivity contribution in [2.24, 2.45) is 0 Å². The Labute approximate surface area is 157 Å². The molecule has 0 aliphatic heterocycles. The van der Waals surface area contributed by atoms with Gasteiger partial charge in [-0.25, -0.2) is 9.59 Å². The van der Waals surface area contributed by atoms with Gasteiger partial charge in [0, 0.05) is 11.6 Å². The van der Waals surface area contributed by atoms with Gasteiger partial charge >= 0.3 is 18.0 Å². The summed E-state index contributed by atoms with van der Waals surface area (Å²) in [5, 5.41) is 2.25. The third-order valence-electron chi connectivity index (χ3n) is 2.81. The molecule has 8 nitrogen and oxygen atoms in total. The largest absolute Gasteiger partial charge is 0.460 e. The highest BCUT2D eigenvalue weighted by molar-refractivity contribution is 5.98. The second kappa shape index (κ2) is 10.7. The predicted molar refractivity (Wildman–Crippen MR) is 96.1 cm³/mol. The molecule has 1 rings (SSSR count). The SMILES string of the molecule is CC(C)(C)OC(=O)NCC(=O)OC/C=C/C(=O)OCC(=O)c1ccccc1. The number of carbonyl (C=O) groups is 4. The van der Waals surface area contributed by atoms with Gasteiger partial charge in [-0.1, -0.05) is 30.3 Å². The molecule has 146 valence electrons. The van der Waals surface area contributed by atoms with E-state index in [-0.39, 0.29) is 25.5 Å². The lowest BCUT2D eigenvalue weighted by molar-refractivity contribution is -0.141. The number of ether oxygens (including phenoxy) is 3. The van der Waals surface area contributed by atoms with E-state index in [1.54, 1.807) is 51.1 Å². The van der Waals surface area contributed by atoms with Crippen molar-refractivity contribution >= 4 is 23.8 Å². The minimum Gasteiger partial charge on any atom is -0.460 e. The standard InChI is InChI=1S/C19H23NO7/c1-19(2,3)27-18(24)20-12-17(23)25-11-7-10-16(22)26-13-15(21)14-8-5-4-6-9-14/h4-10H,11-13H2,1-3H3,(H,20,24)/b10-7+. The zero-order valence-corrected chi connectivity index (χ0v) is 15.5. The van der Waals surface area contributed by atoms with E-state index in [1.165, 1.54) is 6.08 Å². The highest BCUT2D eigenvalue weighted by Crippen LogP contribution is 2.06. The third kappa shape index (κ3) is 10.4. The lowest BCUT2D eigenvalue weighted by atomic mass is 10.1. The number of alkyl carbamates (subject to hydrolysis) is 1. The van der Waals surface area contributed by atoms with E-state index in [2.05, 4.69) is 5.32 Å². The third-order valence-corrected chi connectivity index (χ3v) is 2.81. The first kappa shape index (κ1) is 21.9. The maximum atomic E-state index is 11.8. The van der Waals surface area contributed by atoms with Crippen LogP contribution in [0.2, 0.25) is 0 Å². The Balaban J connectivity index is 2.20. The number of rotatable bonds is 8. The fourth-order valence-corrected chi connectivity index (χ4v) is 1.69. The summed E-state index contributed by atoms with van der Waals surface area (Å²) in [5.41, 5.74) is -0.223. The van der Waals surface area contributed by atoms with Crippen molar-refractivity contribution in [1.82, 2.24) is 5.32 Å². The normalized spacial score (nSPS) is 10.9. The van der Waals surface area contributed by atoms with Gasteiger partial charge in [-0.05, 0) is 26.8 Å². The number of ketones is 1. The average Bonchev–Trinajstić information content (AvgIpc) is 2.61. The summed E-state index contributed by atoms with van der Waals surface area (Å²) in [6.07, 6.45) is 1.58. The van der Waals surface area contributed by atoms with Crippen LogP contribution in [0.25, 0.3) is 0 Å². The Morgan fingerprint density at radius 1 is 1.04 bits per heavy atom. The highest BCUT2D eigenvalue weighted by atomic mass is 16.6. The Morgan fingerprint density at radius 2 is 1.70 bits per heavy atom. The molecule has 0 atom stereocenters. The van der Waals surface area contributed by atoms with Crippen molar-refractivity contribution < 1.29 is 33.4 Å². The molecule has 0 spiro atoms. The zero-order valence-electron chi connectivity index (χ0n) is 15.5. The van der Waals surface area contributed by atoms with Gasteiger partial charge in [0.05, 0.1) is 0 Å². The van der Waals surface area contributed by atoms with Crippen LogP contribution in [0.4, 0.5) is 4.79 Å². The van der Waals surface area contributed by atoms with E-state index in [1.807, 2.05) is 0 Å². The summed E-state index contributed by atoms with van der Waals surface area (Å²) in [7, 11) is 0. The summed E-state index contributed by atoms with van der Waals surface area (Å²) in [6.45, 7) is 4.16. The average molecular weight is 377 g/mol. The van der Waals surface area contributed by atoms with Crippen molar-refractivity contribution in [1.29, 1.82) is 0 Å². The maximum absolute atomic E-state index is 11.8. The molecule has 8 heteroatoms. The van der Waals surface area contributed by atoms with E-state index < -0.39 is 23.6 Å². The lowest BCUT2D eigenvalue weighted by Gasteiger charge is -2.19. The van der Waals surface area contributed by atoms with Crippen LogP contribution in [-0.2, 0) is 23.8 Å². The number of carbonyl (C=O) groups excluding carboxylic acids is 4. The second-order valence-corrected chi connectivity index (χ2v) is 6.34. The molecule has 1 amide bonds. The Bertz CT molecular complexity index is 690. The van der Waals surface area contributed by atoms with Gasteiger partial charge in [0.15, 0.2) is 12.4 Å². The van der Waals surface area contributed by atoms with Crippen LogP contribution in [-0.4, -0.2) is 49.2 Å². The minimum atomic E-state index is -0.735. The molecule has 1 aromatic rings. The molecule has 0 aromatic heterocycles. The van der Waals surface area contributed by atoms with E-state index >= 15 is 0 Å². The second-order valence-electron chi connectivity index (χ2n) is 6.34. The molecule has 0 aliphatic carbocycles. The molecule has 0 radical (unpaired) electrons. The van der Waals surface area contributed by atoms with Crippen molar-refractivity contribution in [2.75, 3.05) is 19.8 Å². The number of nitrogens with one attached hydrogen (secondary N) is 1. The van der Waals surface area contributed by atoms with Crippen molar-refractivity contribution in [3.63, 3.8) is 0 Å². The van der Waals surface area contributed by atoms with Crippen LogP contribution >= 0.6 is 0 Å². The van der Waals surface area contributed by atoms with E-state index in [4.69, 9.17) is 14.2 Å². The summed E-state index contributed by atoms with van der Waals surface area (Å²) < 4.78 is 14.6. The number of hydrogen-bond acceptors (Lipinski definition) is 7. The van der Waals surface area contributed by atoms with Gasteiger partial charge in [-0.15, -0.1) is 0 Å². The van der Waals surface area contributed by atoms with E-state index in [9.17, 15) is 19.2 Å². The molecule has 0 bridgehead atoms. The van der Waals surface area contributed by atoms with Crippen molar-refractivity contribution in [2.45, 2.75) is 26.4 Å². The Morgan fingerprint density at radius 3 is 2.33 bits per heavy atom. The molecule has 27 heavy (non-hydrogen) atoms. The van der Waals surface area contributed by atoms with Crippen LogP contribution in [0, 0.1) is 0 Å². The van der Waals surface area contributed by atoms with Gasteiger partial charge in [0.1, 0.15) is 18.8 Å². The van der Waals surface area contributed by atoms with Crippen LogP contribution in [0.1, 0.15) is 31.1 Å². The summed E-state index contributed by atoms with van der Waals surface area (Å²) in [4.78, 5) is 46.1. The first-order valence-corrected chi connectivity index (χ1v) is 8.21. The number of hydrogen-bond donors (Lipinski definition) is 1. The zero-order chi connectivity index (χ0) is 20.3. The van der Waals surface area contributed by atoms with Gasteiger partial charge in [0.2, 0.25) is 0 Å². The molecule has 0 aliphatic rings. The van der Waals surface area contributed by atoms with Gasteiger partial charge in [-0.3, -0.25) is 9.59 Å². The maximum Gasteiger partial charge on any atom is 0.408 e. The molecule has 0 saturated carbocycles. The fraction of sp³-hybridized carbons (Fsp3) is 0.368. The molecule has 1 N–H and O–H groups in total. The van der Waals surface area contributed by atoms with Gasteiger partial charge in [0.25, 0.3) is 0 Å². The molecule has 1 aromatic carbocycles. The minimum absolute atomic E-state index is 0.184. The van der Waals surface area contributed by atoms with Crippen molar-refractivity contribution in [3.05, 3.63) is 48.0 Å². The molecule has 0 heterocycles. The molecule has 0 fully saturated rings. The summed E-state index contributed by atoms with van der Waals surface area (Å²) in [5.74, 6) is -1.75. The van der Waals surface area contributed by atoms with Crippen molar-refractivity contribution in [3.8, 4) is 0 Å². The van der Waals surface area contributed by atoms with Crippen LogP contribution in [0.3, 0.4) is 0 Å². The topological polar surface area (TPSA) is 108 Å². The first-order chi connectivity index (χ1) is 12.7. The fourth-order valence-electron chi connectivity index (χ4n) is 1.69. The molecular weight excluding hydrogens is 354 g/mol. The number of Topliss-reactive ketones (excluding diaryl/α,β-unsaturated/α-hetero) is 1. The van der Waals surface area contributed by atoms with Gasteiger partial charge in [-0.2, -0.15) is 0 Å². The quantitative estimate of drug-likeness (QED) is 0.320. The first-order valence-electron chi connectivity index (χ1n) is 8.21. The van der Waals surface area contributed by atoms with Crippen LogP contribution in [0.5, 0.6) is 0 Å². The lowest BCUT2D eigenvalue weighted by Crippen LogP contribution is -2.36. The molecule has 0 unspecified atom stereocenters.